The van der Waals surface area contributed by atoms with Gasteiger partial charge in [0.1, 0.15) is 6.10 Å². The van der Waals surface area contributed by atoms with E-state index < -0.39 is 0 Å². The molecule has 0 aromatic heterocycles. The highest BCUT2D eigenvalue weighted by Gasteiger charge is 2.70. The molecule has 5 rings (SSSR count). The van der Waals surface area contributed by atoms with Crippen LogP contribution in [0.1, 0.15) is 46.0 Å². The second-order valence-corrected chi connectivity index (χ2v) is 8.38. The molecule has 5 fully saturated rings. The van der Waals surface area contributed by atoms with Gasteiger partial charge in [0.25, 0.3) is 0 Å². The summed E-state index contributed by atoms with van der Waals surface area (Å²) < 4.78 is 5.56. The first-order chi connectivity index (χ1) is 9.10. The number of hydrogen-bond donors (Lipinski definition) is 0. The zero-order valence-electron chi connectivity index (χ0n) is 12.0. The maximum atomic E-state index is 11.8. The van der Waals surface area contributed by atoms with Gasteiger partial charge in [-0.1, -0.05) is 6.92 Å². The summed E-state index contributed by atoms with van der Waals surface area (Å²) in [6, 6.07) is 0. The smallest absolute Gasteiger partial charge is 0.306 e. The van der Waals surface area contributed by atoms with Crippen molar-refractivity contribution < 1.29 is 9.53 Å². The molecule has 0 radical (unpaired) electrons. The molecule has 9 atom stereocenters. The summed E-state index contributed by atoms with van der Waals surface area (Å²) in [5, 5.41) is 0. The monoisotopic (exact) mass is 260 g/mol. The Kier molecular flexibility index (Phi) is 1.88. The number of cyclic esters (lactones) is 1. The van der Waals surface area contributed by atoms with Gasteiger partial charge < -0.3 is 4.74 Å². The number of esters is 1. The Morgan fingerprint density at radius 3 is 2.68 bits per heavy atom. The number of fused-ring (bicyclic) bond motifs is 10. The van der Waals surface area contributed by atoms with Crippen molar-refractivity contribution in [3.63, 3.8) is 0 Å². The Balaban J connectivity index is 1.53. The molecule has 1 saturated heterocycles. The van der Waals surface area contributed by atoms with Crippen LogP contribution < -0.4 is 0 Å². The van der Waals surface area contributed by atoms with Crippen molar-refractivity contribution in [2.75, 3.05) is 0 Å². The number of hydrogen-bond acceptors (Lipinski definition) is 2. The van der Waals surface area contributed by atoms with Crippen LogP contribution in [0.5, 0.6) is 0 Å². The Hall–Kier alpha value is -0.530. The normalized spacial score (nSPS) is 65.1. The molecule has 5 aliphatic rings. The number of ether oxygens (including phenoxy) is 1. The quantitative estimate of drug-likeness (QED) is 0.493. The van der Waals surface area contributed by atoms with Crippen molar-refractivity contribution in [2.24, 2.45) is 46.8 Å². The standard InChI is InChI=1S/C17H24O2/c1-8-3-10-4-12(8)15-11-5-13(16(10)15)17(6-11)7-14(18)19-9(17)2/h8-13,15-16H,3-7H2,1-2H3. The van der Waals surface area contributed by atoms with Gasteiger partial charge in [0.05, 0.1) is 6.42 Å². The van der Waals surface area contributed by atoms with Crippen molar-refractivity contribution in [2.45, 2.75) is 52.1 Å². The molecule has 104 valence electrons. The van der Waals surface area contributed by atoms with Crippen molar-refractivity contribution >= 4 is 5.97 Å². The molecule has 1 aliphatic heterocycles. The number of carbonyl (C=O) groups is 1. The van der Waals surface area contributed by atoms with E-state index in [0.29, 0.717) is 0 Å². The molecule has 0 aromatic carbocycles. The van der Waals surface area contributed by atoms with Crippen LogP contribution in [0, 0.1) is 46.8 Å². The third-order valence-electron chi connectivity index (χ3n) is 8.00. The SMILES string of the molecule is CC1CC2CC1C1C3CC(C21)C1(CC(=O)OC1C)C3. The third kappa shape index (κ3) is 1.11. The van der Waals surface area contributed by atoms with Crippen molar-refractivity contribution in [1.29, 1.82) is 0 Å². The first-order valence-corrected chi connectivity index (χ1v) is 8.29. The molecule has 4 aliphatic carbocycles. The highest BCUT2D eigenvalue weighted by Crippen LogP contribution is 2.74. The van der Waals surface area contributed by atoms with Crippen LogP contribution in [0.15, 0.2) is 0 Å². The number of carbonyl (C=O) groups excluding carboxylic acids is 1. The molecule has 1 heterocycles. The molecule has 9 unspecified atom stereocenters. The summed E-state index contributed by atoms with van der Waals surface area (Å²) in [6.45, 7) is 4.64. The summed E-state index contributed by atoms with van der Waals surface area (Å²) in [5.41, 5.74) is 0.247. The average molecular weight is 260 g/mol. The van der Waals surface area contributed by atoms with Crippen LogP contribution in [0.3, 0.4) is 0 Å². The summed E-state index contributed by atoms with van der Waals surface area (Å²) in [7, 11) is 0. The largest absolute Gasteiger partial charge is 0.462 e. The zero-order chi connectivity index (χ0) is 12.9. The van der Waals surface area contributed by atoms with Gasteiger partial charge in [-0.05, 0) is 74.0 Å². The lowest BCUT2D eigenvalue weighted by molar-refractivity contribution is -0.141. The average Bonchev–Trinajstić information content (AvgIpc) is 3.05. The summed E-state index contributed by atoms with van der Waals surface area (Å²) >= 11 is 0. The van der Waals surface area contributed by atoms with Gasteiger partial charge in [0.15, 0.2) is 0 Å². The lowest BCUT2D eigenvalue weighted by atomic mass is 9.57. The van der Waals surface area contributed by atoms with Crippen molar-refractivity contribution in [3.05, 3.63) is 0 Å². The van der Waals surface area contributed by atoms with E-state index >= 15 is 0 Å². The lowest BCUT2D eigenvalue weighted by Gasteiger charge is -2.46. The van der Waals surface area contributed by atoms with Crippen LogP contribution >= 0.6 is 0 Å². The van der Waals surface area contributed by atoms with Gasteiger partial charge in [-0.3, -0.25) is 4.79 Å². The molecule has 1 spiro atoms. The minimum absolute atomic E-state index is 0.0770. The van der Waals surface area contributed by atoms with Gasteiger partial charge in [-0.25, -0.2) is 0 Å². The Bertz CT molecular complexity index is 458. The Labute approximate surface area is 115 Å². The van der Waals surface area contributed by atoms with Gasteiger partial charge in [0, 0.05) is 5.41 Å². The van der Waals surface area contributed by atoms with Gasteiger partial charge >= 0.3 is 5.97 Å². The Morgan fingerprint density at radius 1 is 1.11 bits per heavy atom. The van der Waals surface area contributed by atoms with E-state index in [2.05, 4.69) is 13.8 Å². The predicted octanol–water partition coefficient (Wildman–Crippen LogP) is 3.26. The van der Waals surface area contributed by atoms with Crippen LogP contribution in [-0.2, 0) is 9.53 Å². The molecule has 0 aromatic rings. The van der Waals surface area contributed by atoms with Crippen LogP contribution in [0.25, 0.3) is 0 Å². The summed E-state index contributed by atoms with van der Waals surface area (Å²) in [6.07, 6.45) is 6.59. The molecule has 4 saturated carbocycles. The summed E-state index contributed by atoms with van der Waals surface area (Å²) in [5.74, 6) is 6.77. The van der Waals surface area contributed by atoms with Crippen molar-refractivity contribution in [3.8, 4) is 0 Å². The molecule has 4 bridgehead atoms. The first-order valence-electron chi connectivity index (χ1n) is 8.29. The highest BCUT2D eigenvalue weighted by molar-refractivity contribution is 5.73. The fourth-order valence-electron chi connectivity index (χ4n) is 7.60. The minimum atomic E-state index is 0.0770. The molecule has 19 heavy (non-hydrogen) atoms. The fraction of sp³-hybridized carbons (Fsp3) is 0.941. The number of rotatable bonds is 0. The zero-order valence-corrected chi connectivity index (χ0v) is 12.0. The highest BCUT2D eigenvalue weighted by atomic mass is 16.6. The van der Waals surface area contributed by atoms with E-state index in [0.717, 1.165) is 47.8 Å². The van der Waals surface area contributed by atoms with E-state index in [-0.39, 0.29) is 17.5 Å². The van der Waals surface area contributed by atoms with Crippen molar-refractivity contribution in [1.82, 2.24) is 0 Å². The van der Waals surface area contributed by atoms with Crippen LogP contribution in [-0.4, -0.2) is 12.1 Å². The van der Waals surface area contributed by atoms with Gasteiger partial charge in [0.2, 0.25) is 0 Å². The van der Waals surface area contributed by atoms with Gasteiger partial charge in [-0.15, -0.1) is 0 Å². The molecule has 0 N–H and O–H groups in total. The minimum Gasteiger partial charge on any atom is -0.462 e. The molecule has 0 amide bonds. The van der Waals surface area contributed by atoms with E-state index in [1.807, 2.05) is 0 Å². The predicted molar refractivity (Wildman–Crippen MR) is 71.2 cm³/mol. The molecular weight excluding hydrogens is 236 g/mol. The van der Waals surface area contributed by atoms with Crippen LogP contribution in [0.2, 0.25) is 0 Å². The second-order valence-electron chi connectivity index (χ2n) is 8.38. The molecule has 2 heteroatoms. The van der Waals surface area contributed by atoms with E-state index in [9.17, 15) is 4.79 Å². The Morgan fingerprint density at radius 2 is 1.95 bits per heavy atom. The maximum absolute atomic E-state index is 11.8. The van der Waals surface area contributed by atoms with E-state index in [4.69, 9.17) is 4.74 Å². The maximum Gasteiger partial charge on any atom is 0.306 e. The topological polar surface area (TPSA) is 26.3 Å². The fourth-order valence-corrected chi connectivity index (χ4v) is 7.60. The van der Waals surface area contributed by atoms with E-state index in [1.165, 1.54) is 25.7 Å². The van der Waals surface area contributed by atoms with Crippen LogP contribution in [0.4, 0.5) is 0 Å². The summed E-state index contributed by atoms with van der Waals surface area (Å²) in [4.78, 5) is 11.8. The second kappa shape index (κ2) is 3.20. The molecular formula is C17H24O2. The van der Waals surface area contributed by atoms with E-state index in [1.54, 1.807) is 0 Å². The first kappa shape index (κ1) is 11.2. The lowest BCUT2D eigenvalue weighted by Crippen LogP contribution is -2.44. The third-order valence-corrected chi connectivity index (χ3v) is 8.00. The molecule has 2 nitrogen and oxygen atoms in total. The van der Waals surface area contributed by atoms with Gasteiger partial charge in [-0.2, -0.15) is 0 Å².